The lowest BCUT2D eigenvalue weighted by atomic mass is 10.6. The summed E-state index contributed by atoms with van der Waals surface area (Å²) in [7, 11) is 0. The molecular formula is C15H19N3O8. The molecule has 0 saturated carbocycles. The van der Waals surface area contributed by atoms with Crippen LogP contribution in [0.15, 0.2) is 25.3 Å². The first-order chi connectivity index (χ1) is 12.6. The van der Waals surface area contributed by atoms with Crippen LogP contribution in [0.3, 0.4) is 0 Å². The average Bonchev–Trinajstić information content (AvgIpc) is 2.66. The van der Waals surface area contributed by atoms with Crippen LogP contribution < -0.4 is 14.2 Å². The number of hydrogen-bond donors (Lipinski definition) is 1. The molecule has 1 aromatic heterocycles. The Morgan fingerprint density at radius 1 is 0.769 bits per heavy atom. The second-order valence-electron chi connectivity index (χ2n) is 4.20. The van der Waals surface area contributed by atoms with Crippen molar-refractivity contribution in [1.29, 1.82) is 0 Å². The van der Waals surface area contributed by atoms with E-state index in [-0.39, 0.29) is 57.7 Å². The van der Waals surface area contributed by atoms with Crippen molar-refractivity contribution in [3.63, 3.8) is 0 Å². The Balaban J connectivity index is 2.60. The van der Waals surface area contributed by atoms with E-state index in [1.165, 1.54) is 0 Å². The van der Waals surface area contributed by atoms with Gasteiger partial charge in [0.1, 0.15) is 33.0 Å². The molecule has 11 heteroatoms. The van der Waals surface area contributed by atoms with Crippen molar-refractivity contribution in [2.24, 2.45) is 0 Å². The van der Waals surface area contributed by atoms with Gasteiger partial charge in [0.15, 0.2) is 0 Å². The number of esters is 2. The minimum Gasteiger partial charge on any atom is -0.461 e. The summed E-state index contributed by atoms with van der Waals surface area (Å²) < 4.78 is 25.0. The van der Waals surface area contributed by atoms with E-state index in [0.717, 1.165) is 12.2 Å². The summed E-state index contributed by atoms with van der Waals surface area (Å²) in [5, 5.41) is 8.79. The van der Waals surface area contributed by atoms with Gasteiger partial charge in [-0.3, -0.25) is 0 Å². The number of nitrogens with zero attached hydrogens (tertiary/aromatic N) is 3. The van der Waals surface area contributed by atoms with Crippen molar-refractivity contribution < 1.29 is 38.4 Å². The summed E-state index contributed by atoms with van der Waals surface area (Å²) in [5.74, 6) is -1.18. The van der Waals surface area contributed by atoms with Crippen molar-refractivity contribution in [2.45, 2.75) is 0 Å². The van der Waals surface area contributed by atoms with Gasteiger partial charge in [0.25, 0.3) is 0 Å². The van der Waals surface area contributed by atoms with E-state index in [0.29, 0.717) is 0 Å². The molecule has 11 nitrogen and oxygen atoms in total. The fraction of sp³-hybridized carbons (Fsp3) is 0.400. The summed E-state index contributed by atoms with van der Waals surface area (Å²) >= 11 is 0. The van der Waals surface area contributed by atoms with E-state index >= 15 is 0 Å². The standard InChI is InChI=1S/C15H19N3O8/c1-3-11(20)22-7-9-25-14-16-13(24-6-5-19)17-15(18-14)26-10-8-23-12(21)4-2/h3-4,19H,1-2,5-10H2. The quantitative estimate of drug-likeness (QED) is 0.272. The number of aromatic nitrogens is 3. The first-order valence-electron chi connectivity index (χ1n) is 7.42. The summed E-state index contributed by atoms with van der Waals surface area (Å²) in [6.07, 6.45) is 2.05. The number of carbonyl (C=O) groups excluding carboxylic acids is 2. The third-order valence-electron chi connectivity index (χ3n) is 2.35. The maximum Gasteiger partial charge on any atom is 0.330 e. The zero-order chi connectivity index (χ0) is 19.2. The molecule has 1 aromatic rings. The third-order valence-corrected chi connectivity index (χ3v) is 2.35. The second-order valence-corrected chi connectivity index (χ2v) is 4.20. The maximum absolute atomic E-state index is 10.9. The van der Waals surface area contributed by atoms with Gasteiger partial charge in [-0.1, -0.05) is 13.2 Å². The SMILES string of the molecule is C=CC(=O)OCCOc1nc(OCCO)nc(OCCOC(=O)C=C)n1. The van der Waals surface area contributed by atoms with Crippen LogP contribution in [0.4, 0.5) is 0 Å². The van der Waals surface area contributed by atoms with Gasteiger partial charge in [-0.15, -0.1) is 15.0 Å². The van der Waals surface area contributed by atoms with Crippen LogP contribution in [0.25, 0.3) is 0 Å². The van der Waals surface area contributed by atoms with Crippen LogP contribution in [-0.4, -0.2) is 71.6 Å². The Morgan fingerprint density at radius 2 is 1.15 bits per heavy atom. The molecule has 142 valence electrons. The zero-order valence-corrected chi connectivity index (χ0v) is 14.0. The second kappa shape index (κ2) is 12.2. The number of ether oxygens (including phenoxy) is 5. The highest BCUT2D eigenvalue weighted by Gasteiger charge is 2.11. The molecule has 0 aliphatic heterocycles. The van der Waals surface area contributed by atoms with Crippen molar-refractivity contribution in [3.8, 4) is 18.0 Å². The molecule has 0 atom stereocenters. The Kier molecular flexibility index (Phi) is 9.77. The van der Waals surface area contributed by atoms with Gasteiger partial charge in [0.05, 0.1) is 6.61 Å². The zero-order valence-electron chi connectivity index (χ0n) is 14.0. The average molecular weight is 369 g/mol. The summed E-state index contributed by atoms with van der Waals surface area (Å²) in [6, 6.07) is -0.411. The molecule has 0 amide bonds. The van der Waals surface area contributed by atoms with E-state index in [4.69, 9.17) is 28.8 Å². The maximum atomic E-state index is 10.9. The normalized spacial score (nSPS) is 9.73. The number of rotatable bonds is 13. The van der Waals surface area contributed by atoms with Crippen LogP contribution in [0.2, 0.25) is 0 Å². The summed E-state index contributed by atoms with van der Waals surface area (Å²) in [4.78, 5) is 33.5. The van der Waals surface area contributed by atoms with Crippen LogP contribution in [0.1, 0.15) is 0 Å². The van der Waals surface area contributed by atoms with Crippen molar-refractivity contribution in [1.82, 2.24) is 15.0 Å². The predicted molar refractivity (Wildman–Crippen MR) is 85.7 cm³/mol. The number of carbonyl (C=O) groups is 2. The first kappa shape index (κ1) is 20.8. The Bertz CT molecular complexity index is 577. The highest BCUT2D eigenvalue weighted by Crippen LogP contribution is 2.14. The van der Waals surface area contributed by atoms with E-state index < -0.39 is 11.9 Å². The molecule has 0 radical (unpaired) electrons. The lowest BCUT2D eigenvalue weighted by Crippen LogP contribution is -2.15. The molecule has 0 aliphatic carbocycles. The first-order valence-corrected chi connectivity index (χ1v) is 7.42. The number of hydrogen-bond acceptors (Lipinski definition) is 11. The Labute approximate surface area is 149 Å². The smallest absolute Gasteiger partial charge is 0.330 e. The molecule has 0 spiro atoms. The fourth-order valence-electron chi connectivity index (χ4n) is 1.32. The van der Waals surface area contributed by atoms with Crippen LogP contribution in [0.5, 0.6) is 18.0 Å². The van der Waals surface area contributed by atoms with E-state index in [9.17, 15) is 9.59 Å². The van der Waals surface area contributed by atoms with E-state index in [1.54, 1.807) is 0 Å². The highest BCUT2D eigenvalue weighted by atomic mass is 16.6. The van der Waals surface area contributed by atoms with E-state index in [2.05, 4.69) is 28.1 Å². The van der Waals surface area contributed by atoms with Crippen LogP contribution in [-0.2, 0) is 19.1 Å². The highest BCUT2D eigenvalue weighted by molar-refractivity contribution is 5.81. The molecule has 0 aliphatic rings. The van der Waals surface area contributed by atoms with Gasteiger partial charge < -0.3 is 28.8 Å². The lowest BCUT2D eigenvalue weighted by molar-refractivity contribution is -0.139. The van der Waals surface area contributed by atoms with Gasteiger partial charge in [-0.2, -0.15) is 0 Å². The minimum atomic E-state index is -0.589. The molecule has 0 fully saturated rings. The molecule has 0 unspecified atom stereocenters. The summed E-state index contributed by atoms with van der Waals surface area (Å²) in [5.41, 5.74) is 0. The minimum absolute atomic E-state index is 0.0284. The topological polar surface area (TPSA) is 139 Å². The molecule has 0 aromatic carbocycles. The van der Waals surface area contributed by atoms with Crippen molar-refractivity contribution in [2.75, 3.05) is 39.6 Å². The van der Waals surface area contributed by atoms with Crippen LogP contribution >= 0.6 is 0 Å². The molecular weight excluding hydrogens is 350 g/mol. The molecule has 1 heterocycles. The van der Waals surface area contributed by atoms with Crippen LogP contribution in [0, 0.1) is 0 Å². The largest absolute Gasteiger partial charge is 0.461 e. The Morgan fingerprint density at radius 3 is 1.50 bits per heavy atom. The third kappa shape index (κ3) is 8.59. The molecule has 0 bridgehead atoms. The molecule has 1 rings (SSSR count). The fourth-order valence-corrected chi connectivity index (χ4v) is 1.32. The summed E-state index contributed by atoms with van der Waals surface area (Å²) in [6.45, 7) is 6.09. The monoisotopic (exact) mass is 369 g/mol. The predicted octanol–water partition coefficient (Wildman–Crippen LogP) is -0.541. The molecule has 0 saturated heterocycles. The van der Waals surface area contributed by atoms with Gasteiger partial charge in [0.2, 0.25) is 0 Å². The number of aliphatic hydroxyl groups excluding tert-OH is 1. The van der Waals surface area contributed by atoms with Gasteiger partial charge in [-0.25, -0.2) is 9.59 Å². The lowest BCUT2D eigenvalue weighted by Gasteiger charge is -2.09. The Hall–Kier alpha value is -3.21. The molecule has 26 heavy (non-hydrogen) atoms. The van der Waals surface area contributed by atoms with Gasteiger partial charge in [-0.05, 0) is 0 Å². The van der Waals surface area contributed by atoms with Gasteiger partial charge in [0, 0.05) is 12.2 Å². The van der Waals surface area contributed by atoms with Gasteiger partial charge >= 0.3 is 30.0 Å². The van der Waals surface area contributed by atoms with Crippen molar-refractivity contribution in [3.05, 3.63) is 25.3 Å². The molecule has 1 N–H and O–H groups in total. The van der Waals surface area contributed by atoms with E-state index in [1.807, 2.05) is 0 Å². The number of aliphatic hydroxyl groups is 1. The van der Waals surface area contributed by atoms with Crippen molar-refractivity contribution >= 4 is 11.9 Å².